The lowest BCUT2D eigenvalue weighted by Gasteiger charge is -2.29. The van der Waals surface area contributed by atoms with Crippen LogP contribution in [-0.2, 0) is 9.53 Å². The topological polar surface area (TPSA) is 62.1 Å². The van der Waals surface area contributed by atoms with Gasteiger partial charge in [-0.25, -0.2) is 0 Å². The van der Waals surface area contributed by atoms with Gasteiger partial charge in [-0.1, -0.05) is 13.8 Å². The van der Waals surface area contributed by atoms with Crippen molar-refractivity contribution >= 4 is 12.0 Å². The molecule has 0 aromatic carbocycles. The summed E-state index contributed by atoms with van der Waals surface area (Å²) in [5, 5.41) is 16.0. The molecule has 100 valence electrons. The van der Waals surface area contributed by atoms with Crippen molar-refractivity contribution < 1.29 is 14.6 Å². The van der Waals surface area contributed by atoms with Crippen LogP contribution in [-0.4, -0.2) is 48.4 Å². The number of ketones is 1. The Labute approximate surface area is 107 Å². The van der Waals surface area contributed by atoms with Crippen LogP contribution in [0.4, 0.5) is 0 Å². The Morgan fingerprint density at radius 1 is 1.33 bits per heavy atom. The van der Waals surface area contributed by atoms with Crippen molar-refractivity contribution in [3.63, 3.8) is 0 Å². The second kappa shape index (κ2) is 5.10. The molecule has 0 amide bonds. The number of aliphatic hydroxyl groups is 1. The zero-order valence-corrected chi connectivity index (χ0v) is 11.0. The van der Waals surface area contributed by atoms with Crippen molar-refractivity contribution in [2.75, 3.05) is 26.3 Å². The van der Waals surface area contributed by atoms with Crippen molar-refractivity contribution in [2.24, 2.45) is 10.5 Å². The maximum Gasteiger partial charge on any atom is 0.168 e. The molecule has 18 heavy (non-hydrogen) atoms. The maximum atomic E-state index is 11.9. The molecular weight excluding hydrogens is 232 g/mol. The highest BCUT2D eigenvalue weighted by Crippen LogP contribution is 2.35. The number of aliphatic hydroxyl groups excluding tert-OH is 1. The third-order valence-corrected chi connectivity index (χ3v) is 3.23. The molecule has 0 atom stereocenters. The number of ether oxygens (including phenoxy) is 1. The summed E-state index contributed by atoms with van der Waals surface area (Å²) in [4.78, 5) is 11.9. The molecule has 1 N–H and O–H groups in total. The molecule has 1 saturated heterocycles. The third kappa shape index (κ3) is 3.10. The average Bonchev–Trinajstić information content (AvgIpc) is 2.27. The number of hydrogen-bond acceptors (Lipinski definition) is 5. The Kier molecular flexibility index (Phi) is 3.71. The number of nitrogens with zero attached hydrogens (tertiary/aromatic N) is 2. The Morgan fingerprint density at radius 2 is 2.00 bits per heavy atom. The van der Waals surface area contributed by atoms with Gasteiger partial charge in [0.15, 0.2) is 5.78 Å². The molecule has 0 aromatic heterocycles. The molecule has 2 aliphatic rings. The summed E-state index contributed by atoms with van der Waals surface area (Å²) >= 11 is 0. The van der Waals surface area contributed by atoms with Gasteiger partial charge in [0, 0.05) is 12.8 Å². The fraction of sp³-hybridized carbons (Fsp3) is 0.692. The highest BCUT2D eigenvalue weighted by molar-refractivity contribution is 6.14. The molecular formula is C13H20N2O3. The molecule has 1 aliphatic heterocycles. The standard InChI is InChI=1S/C13H20N2O3/c1-13(2)7-11(16)10(12(17)8-13)9-14-15-3-5-18-6-4-15/h9,16H,3-8H2,1-2H3. The van der Waals surface area contributed by atoms with E-state index >= 15 is 0 Å². The van der Waals surface area contributed by atoms with Crippen molar-refractivity contribution in [1.82, 2.24) is 5.01 Å². The molecule has 0 radical (unpaired) electrons. The van der Waals surface area contributed by atoms with Gasteiger partial charge in [-0.15, -0.1) is 0 Å². The highest BCUT2D eigenvalue weighted by atomic mass is 16.5. The van der Waals surface area contributed by atoms with Crippen LogP contribution in [0.2, 0.25) is 0 Å². The lowest BCUT2D eigenvalue weighted by Crippen LogP contribution is -2.33. The van der Waals surface area contributed by atoms with Gasteiger partial charge in [0.25, 0.3) is 0 Å². The second-order valence-electron chi connectivity index (χ2n) is 5.61. The van der Waals surface area contributed by atoms with Gasteiger partial charge in [0.2, 0.25) is 0 Å². The fourth-order valence-corrected chi connectivity index (χ4v) is 2.26. The molecule has 1 fully saturated rings. The lowest BCUT2D eigenvalue weighted by atomic mass is 9.77. The molecule has 1 heterocycles. The molecule has 1 aliphatic carbocycles. The first kappa shape index (κ1) is 13.1. The number of hydrazone groups is 1. The average molecular weight is 252 g/mol. The predicted molar refractivity (Wildman–Crippen MR) is 68.6 cm³/mol. The smallest absolute Gasteiger partial charge is 0.168 e. The number of Topliss-reactive ketones (excluding diaryl/α,β-unsaturated/α-hetero) is 1. The van der Waals surface area contributed by atoms with Gasteiger partial charge in [0.1, 0.15) is 5.76 Å². The van der Waals surface area contributed by atoms with E-state index in [0.29, 0.717) is 31.6 Å². The van der Waals surface area contributed by atoms with Crippen LogP contribution in [0.25, 0.3) is 0 Å². The number of morpholine rings is 1. The van der Waals surface area contributed by atoms with E-state index in [1.807, 2.05) is 18.9 Å². The van der Waals surface area contributed by atoms with E-state index in [-0.39, 0.29) is 17.0 Å². The second-order valence-corrected chi connectivity index (χ2v) is 5.61. The van der Waals surface area contributed by atoms with Gasteiger partial charge in [0.05, 0.1) is 38.1 Å². The number of hydrogen-bond donors (Lipinski definition) is 1. The van der Waals surface area contributed by atoms with Gasteiger partial charge in [-0.05, 0) is 5.41 Å². The molecule has 0 bridgehead atoms. The van der Waals surface area contributed by atoms with Crippen molar-refractivity contribution in [3.8, 4) is 0 Å². The van der Waals surface area contributed by atoms with Crippen LogP contribution in [0.1, 0.15) is 26.7 Å². The Bertz CT molecular complexity index is 393. The van der Waals surface area contributed by atoms with E-state index in [0.717, 1.165) is 13.1 Å². The first-order valence-corrected chi connectivity index (χ1v) is 6.30. The quantitative estimate of drug-likeness (QED) is 0.757. The Balaban J connectivity index is 2.07. The molecule has 5 heteroatoms. The van der Waals surface area contributed by atoms with Crippen molar-refractivity contribution in [3.05, 3.63) is 11.3 Å². The summed E-state index contributed by atoms with van der Waals surface area (Å²) in [5.74, 6) is 0.133. The summed E-state index contributed by atoms with van der Waals surface area (Å²) in [6, 6.07) is 0. The first-order chi connectivity index (χ1) is 8.48. The van der Waals surface area contributed by atoms with Gasteiger partial charge in [-0.3, -0.25) is 9.80 Å². The lowest BCUT2D eigenvalue weighted by molar-refractivity contribution is -0.117. The minimum absolute atomic E-state index is 0.0271. The molecule has 5 nitrogen and oxygen atoms in total. The van der Waals surface area contributed by atoms with Crippen LogP contribution in [0, 0.1) is 5.41 Å². The largest absolute Gasteiger partial charge is 0.511 e. The van der Waals surface area contributed by atoms with E-state index in [1.54, 1.807) is 0 Å². The monoisotopic (exact) mass is 252 g/mol. The van der Waals surface area contributed by atoms with Crippen LogP contribution in [0.15, 0.2) is 16.4 Å². The van der Waals surface area contributed by atoms with E-state index < -0.39 is 0 Å². The fourth-order valence-electron chi connectivity index (χ4n) is 2.26. The normalized spacial score (nSPS) is 25.0. The van der Waals surface area contributed by atoms with Gasteiger partial charge >= 0.3 is 0 Å². The van der Waals surface area contributed by atoms with E-state index in [4.69, 9.17) is 4.74 Å². The molecule has 0 unspecified atom stereocenters. The van der Waals surface area contributed by atoms with Crippen LogP contribution >= 0.6 is 0 Å². The zero-order valence-electron chi connectivity index (χ0n) is 11.0. The number of carbonyl (C=O) groups excluding carboxylic acids is 1. The summed E-state index contributed by atoms with van der Waals surface area (Å²) in [6.07, 6.45) is 2.49. The molecule has 0 saturated carbocycles. The van der Waals surface area contributed by atoms with Crippen molar-refractivity contribution in [1.29, 1.82) is 0 Å². The van der Waals surface area contributed by atoms with E-state index in [2.05, 4.69) is 5.10 Å². The van der Waals surface area contributed by atoms with E-state index in [1.165, 1.54) is 6.21 Å². The minimum Gasteiger partial charge on any atom is -0.511 e. The maximum absolute atomic E-state index is 11.9. The number of rotatable bonds is 2. The minimum atomic E-state index is -0.155. The van der Waals surface area contributed by atoms with Crippen molar-refractivity contribution in [2.45, 2.75) is 26.7 Å². The Hall–Kier alpha value is -1.36. The summed E-state index contributed by atoms with van der Waals surface area (Å²) in [5.41, 5.74) is 0.207. The SMILES string of the molecule is CC1(C)CC(=O)C(C=NN2CCOCC2)=C(O)C1. The third-order valence-electron chi connectivity index (χ3n) is 3.23. The highest BCUT2D eigenvalue weighted by Gasteiger charge is 2.32. The number of carbonyl (C=O) groups is 1. The first-order valence-electron chi connectivity index (χ1n) is 6.30. The van der Waals surface area contributed by atoms with Crippen LogP contribution in [0.5, 0.6) is 0 Å². The number of allylic oxidation sites excluding steroid dienone is 2. The molecule has 2 rings (SSSR count). The van der Waals surface area contributed by atoms with Gasteiger partial charge in [-0.2, -0.15) is 5.10 Å². The van der Waals surface area contributed by atoms with Crippen LogP contribution < -0.4 is 0 Å². The summed E-state index contributed by atoms with van der Waals surface area (Å²) in [7, 11) is 0. The van der Waals surface area contributed by atoms with Crippen LogP contribution in [0.3, 0.4) is 0 Å². The Morgan fingerprint density at radius 3 is 2.61 bits per heavy atom. The van der Waals surface area contributed by atoms with Gasteiger partial charge < -0.3 is 9.84 Å². The summed E-state index contributed by atoms with van der Waals surface area (Å²) < 4.78 is 5.22. The van der Waals surface area contributed by atoms with E-state index in [9.17, 15) is 9.90 Å². The summed E-state index contributed by atoms with van der Waals surface area (Å²) in [6.45, 7) is 6.73. The molecule has 0 aromatic rings. The predicted octanol–water partition coefficient (Wildman–Crippen LogP) is 1.51. The zero-order chi connectivity index (χ0) is 13.2. The molecule has 0 spiro atoms.